The number of esters is 1. The third kappa shape index (κ3) is 13.0. The highest BCUT2D eigenvalue weighted by atomic mass is 32.2. The molecule has 1 aromatic rings. The van der Waals surface area contributed by atoms with Crippen LogP contribution in [0.5, 0.6) is 0 Å². The number of rotatable bonds is 15. The molecule has 0 saturated heterocycles. The van der Waals surface area contributed by atoms with Crippen molar-refractivity contribution in [1.29, 1.82) is 0 Å². The summed E-state index contributed by atoms with van der Waals surface area (Å²) in [7, 11) is -1.14. The van der Waals surface area contributed by atoms with Crippen LogP contribution >= 0.6 is 0 Å². The quantitative estimate of drug-likeness (QED) is 0.120. The van der Waals surface area contributed by atoms with Crippen LogP contribution in [0.15, 0.2) is 24.3 Å². The van der Waals surface area contributed by atoms with Crippen LogP contribution in [-0.4, -0.2) is 67.4 Å². The molecule has 0 fully saturated rings. The Morgan fingerprint density at radius 1 is 1.03 bits per heavy atom. The zero-order chi connectivity index (χ0) is 24.2. The van der Waals surface area contributed by atoms with E-state index in [2.05, 4.69) is 19.6 Å². The molecule has 0 aromatic heterocycles. The number of hydrogen-bond acceptors (Lipinski definition) is 6. The van der Waals surface area contributed by atoms with Gasteiger partial charge in [-0.15, -0.1) is 0 Å². The number of carbonyl (C=O) groups excluding carboxylic acids is 1. The van der Waals surface area contributed by atoms with Gasteiger partial charge in [-0.3, -0.25) is 4.79 Å². The van der Waals surface area contributed by atoms with Crippen molar-refractivity contribution in [3.63, 3.8) is 0 Å². The molecule has 0 spiro atoms. The minimum absolute atomic E-state index is 0.203. The molecule has 1 unspecified atom stereocenters. The van der Waals surface area contributed by atoms with Gasteiger partial charge in [0.2, 0.25) is 0 Å². The number of hydrogen-bond donors (Lipinski definition) is 0. The van der Waals surface area contributed by atoms with E-state index in [9.17, 15) is 9.35 Å². The molecule has 0 radical (unpaired) electrons. The summed E-state index contributed by atoms with van der Waals surface area (Å²) in [5.41, 5.74) is 2.10. The average Bonchev–Trinajstić information content (AvgIpc) is 2.68. The van der Waals surface area contributed by atoms with Crippen LogP contribution in [0.25, 0.3) is 0 Å². The first-order chi connectivity index (χ1) is 14.9. The van der Waals surface area contributed by atoms with Gasteiger partial charge in [0, 0.05) is 26.0 Å². The number of carbonyl (C=O) groups is 1. The molecule has 184 valence electrons. The predicted molar refractivity (Wildman–Crippen MR) is 135 cm³/mol. The van der Waals surface area contributed by atoms with Gasteiger partial charge in [-0.05, 0) is 51.3 Å². The van der Waals surface area contributed by atoms with Crippen molar-refractivity contribution in [3.8, 4) is 0 Å². The Morgan fingerprint density at radius 3 is 2.22 bits per heavy atom. The normalized spacial score (nSPS) is 13.4. The molecule has 1 rings (SSSR count). The van der Waals surface area contributed by atoms with Crippen LogP contribution in [-0.2, 0) is 43.2 Å². The number of ether oxygens (including phenoxy) is 3. The van der Waals surface area contributed by atoms with Crippen LogP contribution in [0.3, 0.4) is 0 Å². The second-order valence-electron chi connectivity index (χ2n) is 10.1. The lowest BCUT2D eigenvalue weighted by molar-refractivity contribution is -0.142. The third-order valence-corrected chi connectivity index (χ3v) is 8.20. The van der Waals surface area contributed by atoms with E-state index in [4.69, 9.17) is 14.2 Å². The Balaban J connectivity index is 2.40. The molecular formula is C24H43NO5SSi. The first-order valence-electron chi connectivity index (χ1n) is 11.5. The second-order valence-corrected chi connectivity index (χ2v) is 17.9. The molecule has 0 bridgehead atoms. The molecule has 0 aliphatic heterocycles. The Kier molecular flexibility index (Phi) is 13.1. The highest BCUT2D eigenvalue weighted by molar-refractivity contribution is 7.90. The summed E-state index contributed by atoms with van der Waals surface area (Å²) >= 11 is -1.15. The predicted octanol–water partition coefficient (Wildman–Crippen LogP) is 4.43. The summed E-state index contributed by atoms with van der Waals surface area (Å²) in [6.45, 7) is 17.8. The van der Waals surface area contributed by atoms with Crippen molar-refractivity contribution in [2.45, 2.75) is 71.0 Å². The minimum atomic E-state index is -1.15. The highest BCUT2D eigenvalue weighted by Gasteiger charge is 2.33. The first kappa shape index (κ1) is 29.1. The van der Waals surface area contributed by atoms with E-state index < -0.39 is 19.4 Å². The van der Waals surface area contributed by atoms with E-state index in [1.807, 2.05) is 56.3 Å². The van der Waals surface area contributed by atoms with Gasteiger partial charge in [0.25, 0.3) is 0 Å². The van der Waals surface area contributed by atoms with Crippen molar-refractivity contribution in [3.05, 3.63) is 35.4 Å². The van der Waals surface area contributed by atoms with Crippen LogP contribution in [0, 0.1) is 0 Å². The fourth-order valence-electron chi connectivity index (χ4n) is 2.79. The summed E-state index contributed by atoms with van der Waals surface area (Å²) in [6.07, 6.45) is 1.08. The average molecular weight is 486 g/mol. The van der Waals surface area contributed by atoms with Gasteiger partial charge in [-0.25, -0.2) is 0 Å². The molecule has 6 nitrogen and oxygen atoms in total. The van der Waals surface area contributed by atoms with Crippen LogP contribution in [0.1, 0.15) is 38.8 Å². The topological polar surface area (TPSA) is 71.1 Å². The summed E-state index contributed by atoms with van der Waals surface area (Å²) in [4.78, 5) is 11.6. The molecule has 0 aliphatic rings. The Labute approximate surface area is 199 Å². The smallest absolute Gasteiger partial charge is 0.310 e. The highest BCUT2D eigenvalue weighted by Crippen LogP contribution is 2.20. The molecule has 0 aliphatic carbocycles. The number of benzene rings is 1. The first-order valence-corrected chi connectivity index (χ1v) is 16.3. The zero-order valence-electron chi connectivity index (χ0n) is 21.1. The van der Waals surface area contributed by atoms with Crippen LogP contribution in [0.4, 0.5) is 0 Å². The fourth-order valence-corrected chi connectivity index (χ4v) is 4.73. The van der Waals surface area contributed by atoms with E-state index >= 15 is 0 Å². The Bertz CT molecular complexity index is 658. The van der Waals surface area contributed by atoms with Crippen molar-refractivity contribution in [2.75, 3.05) is 39.7 Å². The molecule has 1 atom stereocenters. The second kappa shape index (κ2) is 14.4. The van der Waals surface area contributed by atoms with Gasteiger partial charge in [-0.2, -0.15) is 0 Å². The summed E-state index contributed by atoms with van der Waals surface area (Å²) in [5, 5.41) is 0. The molecule has 0 heterocycles. The summed E-state index contributed by atoms with van der Waals surface area (Å²) in [5.74, 6) is -0.203. The lowest BCUT2D eigenvalue weighted by Crippen LogP contribution is -2.45. The largest absolute Gasteiger partial charge is 0.597 e. The molecule has 0 saturated carbocycles. The zero-order valence-corrected chi connectivity index (χ0v) is 22.9. The summed E-state index contributed by atoms with van der Waals surface area (Å²) in [6, 6.07) is 9.05. The molecule has 32 heavy (non-hydrogen) atoms. The monoisotopic (exact) mass is 485 g/mol. The molecular weight excluding hydrogens is 442 g/mol. The van der Waals surface area contributed by atoms with E-state index in [-0.39, 0.29) is 10.7 Å². The van der Waals surface area contributed by atoms with Gasteiger partial charge in [0.1, 0.15) is 11.5 Å². The molecule has 0 N–H and O–H groups in total. The van der Waals surface area contributed by atoms with Crippen molar-refractivity contribution in [1.82, 2.24) is 4.31 Å². The van der Waals surface area contributed by atoms with E-state index in [1.165, 1.54) is 0 Å². The Hall–Kier alpha value is -0.903. The lowest BCUT2D eigenvalue weighted by atomic mass is 10.1. The van der Waals surface area contributed by atoms with Gasteiger partial charge in [-0.1, -0.05) is 48.2 Å². The maximum atomic E-state index is 12.9. The van der Waals surface area contributed by atoms with Crippen LogP contribution in [0.2, 0.25) is 25.7 Å². The van der Waals surface area contributed by atoms with Crippen LogP contribution < -0.4 is 0 Å². The van der Waals surface area contributed by atoms with Crippen molar-refractivity contribution >= 4 is 25.4 Å². The van der Waals surface area contributed by atoms with Gasteiger partial charge >= 0.3 is 5.97 Å². The van der Waals surface area contributed by atoms with Crippen molar-refractivity contribution in [2.24, 2.45) is 0 Å². The fraction of sp³-hybridized carbons (Fsp3) is 0.708. The molecule has 8 heteroatoms. The maximum Gasteiger partial charge on any atom is 0.310 e. The number of nitrogens with zero attached hydrogens (tertiary/aromatic N) is 1. The lowest BCUT2D eigenvalue weighted by Gasteiger charge is -2.32. The van der Waals surface area contributed by atoms with Gasteiger partial charge < -0.3 is 18.8 Å². The standard InChI is InChI=1S/C24H43NO5SSi/c1-8-30-23(26)19-22-11-9-21(10-12-22)13-15-28-16-14-25(31(27)24(2,3)4)20-29-17-18-32(5,6)7/h9-12H,8,13-20H2,1-7H3. The van der Waals surface area contributed by atoms with Gasteiger partial charge in [0.05, 0.1) is 32.8 Å². The van der Waals surface area contributed by atoms with Crippen molar-refractivity contribution < 1.29 is 23.6 Å². The van der Waals surface area contributed by atoms with E-state index in [0.29, 0.717) is 46.1 Å². The Morgan fingerprint density at radius 2 is 1.66 bits per heavy atom. The van der Waals surface area contributed by atoms with Gasteiger partial charge in [0.15, 0.2) is 0 Å². The summed E-state index contributed by atoms with van der Waals surface area (Å²) < 4.78 is 31.0. The molecule has 0 amide bonds. The third-order valence-electron chi connectivity index (χ3n) is 4.69. The van der Waals surface area contributed by atoms with E-state index in [1.54, 1.807) is 0 Å². The minimum Gasteiger partial charge on any atom is -0.597 e. The maximum absolute atomic E-state index is 12.9. The SMILES string of the molecule is CCOC(=O)Cc1ccc(CCOCCN(COCC[Si](C)(C)C)[S+]([O-])C(C)(C)C)cc1. The van der Waals surface area contributed by atoms with E-state index in [0.717, 1.165) is 23.6 Å². The molecule has 1 aromatic carbocycles.